The van der Waals surface area contributed by atoms with Crippen molar-refractivity contribution in [2.75, 3.05) is 13.2 Å². The normalized spacial score (nSPS) is 12.6. The number of esters is 3. The van der Waals surface area contributed by atoms with Crippen molar-refractivity contribution < 1.29 is 28.6 Å². The first-order chi connectivity index (χ1) is 40.5. The Morgan fingerprint density at radius 3 is 0.793 bits per heavy atom. The monoisotopic (exact) mass is 1140 g/mol. The van der Waals surface area contributed by atoms with Gasteiger partial charge >= 0.3 is 17.9 Å². The second kappa shape index (κ2) is 70.1. The molecule has 0 aromatic carbocycles. The Bertz CT molecular complexity index is 1550. The molecule has 0 fully saturated rings. The maximum atomic E-state index is 13.0. The van der Waals surface area contributed by atoms with Gasteiger partial charge in [-0.3, -0.25) is 14.4 Å². The van der Waals surface area contributed by atoms with Gasteiger partial charge in [-0.1, -0.05) is 337 Å². The van der Waals surface area contributed by atoms with E-state index in [0.717, 1.165) is 122 Å². The third kappa shape index (κ3) is 67.4. The third-order valence-electron chi connectivity index (χ3n) is 15.6. The van der Waals surface area contributed by atoms with Crippen LogP contribution in [0.5, 0.6) is 0 Å². The number of carbonyl (C=O) groups excluding carboxylic acids is 3. The van der Waals surface area contributed by atoms with Crippen molar-refractivity contribution >= 4 is 17.9 Å². The average Bonchev–Trinajstić information content (AvgIpc) is 3.47. The van der Waals surface area contributed by atoms with E-state index in [9.17, 15) is 14.4 Å². The van der Waals surface area contributed by atoms with Crippen molar-refractivity contribution in [2.45, 2.75) is 367 Å². The summed E-state index contributed by atoms with van der Waals surface area (Å²) >= 11 is 0. The molecular weight excluding hydrogens is 1010 g/mol. The molecule has 82 heavy (non-hydrogen) atoms. The molecule has 6 heteroatoms. The van der Waals surface area contributed by atoms with Crippen LogP contribution in [0.2, 0.25) is 0 Å². The molecule has 0 aliphatic carbocycles. The maximum absolute atomic E-state index is 13.0. The molecule has 6 nitrogen and oxygen atoms in total. The lowest BCUT2D eigenvalue weighted by Gasteiger charge is -2.18. The van der Waals surface area contributed by atoms with E-state index in [-0.39, 0.29) is 31.1 Å². The minimum atomic E-state index is -0.787. The van der Waals surface area contributed by atoms with Crippen molar-refractivity contribution in [2.24, 2.45) is 0 Å². The minimum Gasteiger partial charge on any atom is -0.462 e. The summed E-state index contributed by atoms with van der Waals surface area (Å²) in [6, 6.07) is 0. The zero-order valence-electron chi connectivity index (χ0n) is 54.5. The smallest absolute Gasteiger partial charge is 0.306 e. The molecule has 0 spiro atoms. The Morgan fingerprint density at radius 2 is 0.500 bits per heavy atom. The molecule has 0 aliphatic rings. The van der Waals surface area contributed by atoms with Crippen LogP contribution in [-0.2, 0) is 28.6 Å². The average molecular weight is 1140 g/mol. The van der Waals surface area contributed by atoms with Gasteiger partial charge in [0.1, 0.15) is 13.2 Å². The second-order valence-corrected chi connectivity index (χ2v) is 23.8. The molecule has 0 N–H and O–H groups in total. The summed E-state index contributed by atoms with van der Waals surface area (Å²) in [5, 5.41) is 0. The van der Waals surface area contributed by atoms with Crippen molar-refractivity contribution in [3.8, 4) is 0 Å². The summed E-state index contributed by atoms with van der Waals surface area (Å²) in [5.41, 5.74) is 0. The largest absolute Gasteiger partial charge is 0.462 e. The number of ether oxygens (including phenoxy) is 3. The van der Waals surface area contributed by atoms with Crippen LogP contribution >= 0.6 is 0 Å². The van der Waals surface area contributed by atoms with Gasteiger partial charge in [0.05, 0.1) is 0 Å². The van der Waals surface area contributed by atoms with Crippen molar-refractivity contribution in [3.63, 3.8) is 0 Å². The van der Waals surface area contributed by atoms with Crippen LogP contribution in [0, 0.1) is 0 Å². The van der Waals surface area contributed by atoms with E-state index in [4.69, 9.17) is 14.2 Å². The number of hydrogen-bond donors (Lipinski definition) is 0. The Balaban J connectivity index is 4.27. The summed E-state index contributed by atoms with van der Waals surface area (Å²) in [5.74, 6) is -0.883. The molecule has 0 heterocycles. The van der Waals surface area contributed by atoms with Crippen molar-refractivity contribution in [1.29, 1.82) is 0 Å². The lowest BCUT2D eigenvalue weighted by Crippen LogP contribution is -2.30. The number of hydrogen-bond acceptors (Lipinski definition) is 6. The van der Waals surface area contributed by atoms with Crippen molar-refractivity contribution in [3.05, 3.63) is 85.1 Å². The minimum absolute atomic E-state index is 0.0802. The molecule has 1 atom stereocenters. The van der Waals surface area contributed by atoms with Gasteiger partial charge in [0.15, 0.2) is 6.10 Å². The second-order valence-electron chi connectivity index (χ2n) is 23.8. The summed E-state index contributed by atoms with van der Waals surface area (Å²) in [4.78, 5) is 38.4. The highest BCUT2D eigenvalue weighted by Crippen LogP contribution is 2.18. The van der Waals surface area contributed by atoms with E-state index in [2.05, 4.69) is 106 Å². The number of allylic oxidation sites excluding steroid dienone is 14. The molecule has 0 amide bonds. The van der Waals surface area contributed by atoms with E-state index in [1.54, 1.807) is 0 Å². The molecule has 0 aromatic heterocycles. The van der Waals surface area contributed by atoms with Gasteiger partial charge in [0, 0.05) is 19.3 Å². The van der Waals surface area contributed by atoms with Gasteiger partial charge in [-0.15, -0.1) is 0 Å². The summed E-state index contributed by atoms with van der Waals surface area (Å²) in [7, 11) is 0. The molecule has 0 bridgehead atoms. The molecule has 474 valence electrons. The van der Waals surface area contributed by atoms with Crippen LogP contribution in [0.3, 0.4) is 0 Å². The zero-order chi connectivity index (χ0) is 59.2. The predicted octanol–water partition coefficient (Wildman–Crippen LogP) is 24.6. The molecule has 1 unspecified atom stereocenters. The van der Waals surface area contributed by atoms with Gasteiger partial charge in [-0.25, -0.2) is 0 Å². The SMILES string of the molecule is CC/C=C\C/C=C\C/C=C\C/C=C\C/C=C\CCCCCCCCCCCC(=O)OC(COC(=O)CCCCCCC/C=C\C/C=C\CCC)COC(=O)CCCCCCCCCCCCCCCCCCCCCCCCCCCC. The highest BCUT2D eigenvalue weighted by atomic mass is 16.6. The van der Waals surface area contributed by atoms with Gasteiger partial charge in [0.2, 0.25) is 0 Å². The van der Waals surface area contributed by atoms with E-state index in [1.807, 2.05) is 0 Å². The summed E-state index contributed by atoms with van der Waals surface area (Å²) < 4.78 is 17.0. The van der Waals surface area contributed by atoms with Crippen LogP contribution in [0.1, 0.15) is 361 Å². The predicted molar refractivity (Wildman–Crippen MR) is 358 cm³/mol. The van der Waals surface area contributed by atoms with Crippen LogP contribution in [0.25, 0.3) is 0 Å². The van der Waals surface area contributed by atoms with Gasteiger partial charge in [-0.05, 0) is 89.9 Å². The van der Waals surface area contributed by atoms with Gasteiger partial charge < -0.3 is 14.2 Å². The first-order valence-corrected chi connectivity index (χ1v) is 35.6. The Hall–Kier alpha value is -3.41. The van der Waals surface area contributed by atoms with Gasteiger partial charge in [-0.2, -0.15) is 0 Å². The summed E-state index contributed by atoms with van der Waals surface area (Å²) in [6.07, 6.45) is 93.3. The van der Waals surface area contributed by atoms with Crippen molar-refractivity contribution in [1.82, 2.24) is 0 Å². The van der Waals surface area contributed by atoms with E-state index in [1.165, 1.54) is 199 Å². The fourth-order valence-electron chi connectivity index (χ4n) is 10.3. The Morgan fingerprint density at radius 1 is 0.256 bits per heavy atom. The number of carbonyl (C=O) groups is 3. The van der Waals surface area contributed by atoms with Crippen LogP contribution in [-0.4, -0.2) is 37.2 Å². The number of rotatable bonds is 65. The zero-order valence-corrected chi connectivity index (χ0v) is 54.5. The molecule has 0 saturated carbocycles. The Labute approximate surface area is 509 Å². The molecule has 0 rings (SSSR count). The highest BCUT2D eigenvalue weighted by molar-refractivity contribution is 5.71. The first kappa shape index (κ1) is 78.6. The summed E-state index contributed by atoms with van der Waals surface area (Å²) in [6.45, 7) is 6.50. The third-order valence-corrected chi connectivity index (χ3v) is 15.6. The molecule has 0 aliphatic heterocycles. The van der Waals surface area contributed by atoms with Crippen LogP contribution < -0.4 is 0 Å². The molecule has 0 radical (unpaired) electrons. The standard InChI is InChI=1S/C76H134O6/c1-4-7-10-13-16-19-22-25-27-29-31-33-35-37-39-40-42-44-46-48-51-54-57-60-63-66-69-75(78)81-72-73(71-80-74(77)68-65-62-59-56-53-50-24-21-18-15-12-9-6-3)82-76(79)70-67-64-61-58-55-52-49-47-45-43-41-38-36-34-32-30-28-26-23-20-17-14-11-8-5-2/h8,11-12,15,17,20-21,24,26,28,32,34,38,41,73H,4-7,9-10,13-14,16,18-19,22-23,25,27,29-31,33,35-37,39-40,42-72H2,1-3H3/b11-8-,15-12-,20-17-,24-21-,28-26-,34-32-,41-38-. The molecule has 0 saturated heterocycles. The fraction of sp³-hybridized carbons (Fsp3) is 0.776. The van der Waals surface area contributed by atoms with Crippen LogP contribution in [0.15, 0.2) is 85.1 Å². The first-order valence-electron chi connectivity index (χ1n) is 35.6. The fourth-order valence-corrected chi connectivity index (χ4v) is 10.3. The Kier molecular flexibility index (Phi) is 67.2. The van der Waals surface area contributed by atoms with E-state index >= 15 is 0 Å². The molecular formula is C76H134O6. The van der Waals surface area contributed by atoms with Gasteiger partial charge in [0.25, 0.3) is 0 Å². The highest BCUT2D eigenvalue weighted by Gasteiger charge is 2.19. The van der Waals surface area contributed by atoms with Crippen LogP contribution in [0.4, 0.5) is 0 Å². The lowest BCUT2D eigenvalue weighted by molar-refractivity contribution is -0.167. The van der Waals surface area contributed by atoms with E-state index < -0.39 is 6.10 Å². The lowest BCUT2D eigenvalue weighted by atomic mass is 10.0. The quantitative estimate of drug-likeness (QED) is 0.0261. The van der Waals surface area contributed by atoms with E-state index in [0.29, 0.717) is 19.3 Å². The molecule has 0 aromatic rings. The maximum Gasteiger partial charge on any atom is 0.306 e. The topological polar surface area (TPSA) is 78.9 Å². The number of unbranched alkanes of at least 4 members (excludes halogenated alkanes) is 40.